The summed E-state index contributed by atoms with van der Waals surface area (Å²) in [5.74, 6) is 3.67. The number of hydrogen-bond acceptors (Lipinski definition) is 3. The van der Waals surface area contributed by atoms with E-state index in [2.05, 4.69) is 19.1 Å². The molecule has 23 heavy (non-hydrogen) atoms. The highest BCUT2D eigenvalue weighted by atomic mass is 16.5. The highest BCUT2D eigenvalue weighted by Crippen LogP contribution is 2.65. The number of allylic oxidation sites excluding steroid dienone is 1. The van der Waals surface area contributed by atoms with Crippen molar-refractivity contribution in [1.29, 1.82) is 0 Å². The van der Waals surface area contributed by atoms with Crippen LogP contribution in [0.2, 0.25) is 0 Å². The van der Waals surface area contributed by atoms with E-state index in [9.17, 15) is 5.11 Å². The summed E-state index contributed by atoms with van der Waals surface area (Å²) in [6.07, 6.45) is 8.35. The summed E-state index contributed by atoms with van der Waals surface area (Å²) in [6.45, 7) is 2.32. The van der Waals surface area contributed by atoms with Gasteiger partial charge in [-0.05, 0) is 48.6 Å². The number of rotatable bonds is 2. The molecule has 6 unspecified atom stereocenters. The predicted molar refractivity (Wildman–Crippen MR) is 87.9 cm³/mol. The van der Waals surface area contributed by atoms with E-state index in [1.807, 2.05) is 12.1 Å². The van der Waals surface area contributed by atoms with Gasteiger partial charge in [0.15, 0.2) is 11.5 Å². The Hall–Kier alpha value is -1.48. The third-order valence-electron chi connectivity index (χ3n) is 7.04. The van der Waals surface area contributed by atoms with Gasteiger partial charge in [0, 0.05) is 11.0 Å². The molecular formula is C20H24O3. The first-order chi connectivity index (χ1) is 11.2. The highest BCUT2D eigenvalue weighted by molar-refractivity contribution is 5.61. The van der Waals surface area contributed by atoms with Crippen LogP contribution in [0, 0.1) is 17.8 Å². The van der Waals surface area contributed by atoms with Gasteiger partial charge in [-0.2, -0.15) is 0 Å². The van der Waals surface area contributed by atoms with Gasteiger partial charge in [0.2, 0.25) is 0 Å². The zero-order valence-electron chi connectivity index (χ0n) is 13.8. The summed E-state index contributed by atoms with van der Waals surface area (Å²) in [7, 11) is 1.70. The lowest BCUT2D eigenvalue weighted by Crippen LogP contribution is -2.59. The molecule has 6 atom stereocenters. The summed E-state index contributed by atoms with van der Waals surface area (Å²) >= 11 is 0. The number of aliphatic hydroxyl groups is 1. The zero-order valence-corrected chi connectivity index (χ0v) is 13.8. The predicted octanol–water partition coefficient (Wildman–Crippen LogP) is 3.23. The average Bonchev–Trinajstić information content (AvgIpc) is 2.91. The van der Waals surface area contributed by atoms with Crippen molar-refractivity contribution in [3.63, 3.8) is 0 Å². The van der Waals surface area contributed by atoms with Crippen LogP contribution in [-0.4, -0.2) is 24.4 Å². The third kappa shape index (κ3) is 1.50. The number of ether oxygens (including phenoxy) is 2. The Morgan fingerprint density at radius 1 is 1.35 bits per heavy atom. The maximum Gasteiger partial charge on any atom is 0.165 e. The van der Waals surface area contributed by atoms with Gasteiger partial charge in [-0.15, -0.1) is 0 Å². The first-order valence-electron chi connectivity index (χ1n) is 8.94. The lowest BCUT2D eigenvalue weighted by Gasteiger charge is -2.56. The van der Waals surface area contributed by atoms with Crippen LogP contribution in [0.3, 0.4) is 0 Å². The monoisotopic (exact) mass is 312 g/mol. The van der Waals surface area contributed by atoms with Crippen molar-refractivity contribution in [3.8, 4) is 11.5 Å². The van der Waals surface area contributed by atoms with E-state index in [1.165, 1.54) is 24.0 Å². The van der Waals surface area contributed by atoms with Gasteiger partial charge in [0.05, 0.1) is 7.11 Å². The van der Waals surface area contributed by atoms with E-state index in [0.717, 1.165) is 30.3 Å². The van der Waals surface area contributed by atoms with Crippen LogP contribution >= 0.6 is 0 Å². The van der Waals surface area contributed by atoms with E-state index in [4.69, 9.17) is 9.47 Å². The van der Waals surface area contributed by atoms with Gasteiger partial charge in [0.25, 0.3) is 0 Å². The molecule has 3 heteroatoms. The number of methoxy groups -OCH3 is 1. The second-order valence-electron chi connectivity index (χ2n) is 7.69. The van der Waals surface area contributed by atoms with Gasteiger partial charge >= 0.3 is 0 Å². The largest absolute Gasteiger partial charge is 0.493 e. The quantitative estimate of drug-likeness (QED) is 0.852. The minimum Gasteiger partial charge on any atom is -0.493 e. The summed E-state index contributed by atoms with van der Waals surface area (Å²) in [6, 6.07) is 4.27. The summed E-state index contributed by atoms with van der Waals surface area (Å²) in [5, 5.41) is 10.6. The first kappa shape index (κ1) is 13.9. The Kier molecular flexibility index (Phi) is 2.74. The van der Waals surface area contributed by atoms with Crippen molar-refractivity contribution in [1.82, 2.24) is 0 Å². The smallest absolute Gasteiger partial charge is 0.165 e. The molecule has 0 amide bonds. The topological polar surface area (TPSA) is 38.7 Å². The SMILES string of the molecule is CCC1CCC23c4c5ccc(OC)c4OC2C(O)C=CC3C1C5. The molecule has 3 aliphatic carbocycles. The van der Waals surface area contributed by atoms with Gasteiger partial charge < -0.3 is 14.6 Å². The maximum absolute atomic E-state index is 10.6. The summed E-state index contributed by atoms with van der Waals surface area (Å²) in [5.41, 5.74) is 2.73. The van der Waals surface area contributed by atoms with Crippen LogP contribution in [0.1, 0.15) is 37.3 Å². The van der Waals surface area contributed by atoms with Gasteiger partial charge in [-0.25, -0.2) is 0 Å². The third-order valence-corrected chi connectivity index (χ3v) is 7.04. The molecule has 1 saturated carbocycles. The standard InChI is InChI=1S/C20H24O3/c1-3-11-8-9-20-14-5-6-15(21)19(20)23-18-16(22-2)7-4-12(17(18)20)10-13(11)14/h4-7,11,13-15,19,21H,3,8-10H2,1-2H3. The van der Waals surface area contributed by atoms with Crippen molar-refractivity contribution in [3.05, 3.63) is 35.4 Å². The molecule has 0 saturated heterocycles. The number of benzene rings is 1. The van der Waals surface area contributed by atoms with Gasteiger partial charge in [-0.3, -0.25) is 0 Å². The molecule has 1 N–H and O–H groups in total. The Morgan fingerprint density at radius 3 is 3.00 bits per heavy atom. The van der Waals surface area contributed by atoms with Crippen LogP contribution in [0.15, 0.2) is 24.3 Å². The molecule has 1 fully saturated rings. The molecule has 5 rings (SSSR count). The van der Waals surface area contributed by atoms with Crippen molar-refractivity contribution in [2.45, 2.75) is 50.2 Å². The minimum atomic E-state index is -0.520. The molecule has 2 bridgehead atoms. The highest BCUT2D eigenvalue weighted by Gasteiger charge is 2.64. The van der Waals surface area contributed by atoms with Crippen LogP contribution < -0.4 is 9.47 Å². The van der Waals surface area contributed by atoms with Gasteiger partial charge in [0.1, 0.15) is 12.2 Å². The molecule has 0 aromatic heterocycles. The molecular weight excluding hydrogens is 288 g/mol. The fraction of sp³-hybridized carbons (Fsp3) is 0.600. The Labute approximate surface area is 137 Å². The maximum atomic E-state index is 10.6. The van der Waals surface area contributed by atoms with Crippen molar-refractivity contribution >= 4 is 0 Å². The first-order valence-corrected chi connectivity index (χ1v) is 8.94. The van der Waals surface area contributed by atoms with E-state index < -0.39 is 6.10 Å². The minimum absolute atomic E-state index is 0.0397. The van der Waals surface area contributed by atoms with Crippen LogP contribution in [0.25, 0.3) is 0 Å². The number of hydrogen-bond donors (Lipinski definition) is 1. The van der Waals surface area contributed by atoms with Crippen LogP contribution in [-0.2, 0) is 11.8 Å². The molecule has 1 heterocycles. The van der Waals surface area contributed by atoms with E-state index in [0.29, 0.717) is 11.8 Å². The summed E-state index contributed by atoms with van der Waals surface area (Å²) < 4.78 is 11.9. The second-order valence-corrected chi connectivity index (χ2v) is 7.69. The lowest BCUT2D eigenvalue weighted by molar-refractivity contribution is -0.0431. The Morgan fingerprint density at radius 2 is 2.22 bits per heavy atom. The molecule has 1 spiro atoms. The molecule has 1 aromatic carbocycles. The van der Waals surface area contributed by atoms with E-state index in [-0.39, 0.29) is 11.5 Å². The van der Waals surface area contributed by atoms with Crippen LogP contribution in [0.4, 0.5) is 0 Å². The second kappa shape index (κ2) is 4.54. The van der Waals surface area contributed by atoms with Crippen molar-refractivity contribution in [2.24, 2.45) is 17.8 Å². The lowest BCUT2D eigenvalue weighted by atomic mass is 9.47. The van der Waals surface area contributed by atoms with E-state index in [1.54, 1.807) is 7.11 Å². The fourth-order valence-corrected chi connectivity index (χ4v) is 6.12. The summed E-state index contributed by atoms with van der Waals surface area (Å²) in [4.78, 5) is 0. The van der Waals surface area contributed by atoms with Crippen LogP contribution in [0.5, 0.6) is 11.5 Å². The molecule has 4 aliphatic rings. The zero-order chi connectivity index (χ0) is 15.8. The molecule has 1 aliphatic heterocycles. The molecule has 3 nitrogen and oxygen atoms in total. The molecule has 122 valence electrons. The van der Waals surface area contributed by atoms with E-state index >= 15 is 0 Å². The Bertz CT molecular complexity index is 694. The number of aliphatic hydroxyl groups excluding tert-OH is 1. The molecule has 1 aromatic rings. The average molecular weight is 312 g/mol. The molecule has 0 radical (unpaired) electrons. The van der Waals surface area contributed by atoms with Crippen molar-refractivity contribution in [2.75, 3.05) is 7.11 Å². The van der Waals surface area contributed by atoms with Gasteiger partial charge in [-0.1, -0.05) is 31.6 Å². The van der Waals surface area contributed by atoms with Crippen molar-refractivity contribution < 1.29 is 14.6 Å². The fourth-order valence-electron chi connectivity index (χ4n) is 6.12. The normalized spacial score (nSPS) is 42.1. The Balaban J connectivity index is 1.79.